The fraction of sp³-hybridized carbons (Fsp3) is 0.406. The second kappa shape index (κ2) is 16.2. The third kappa shape index (κ3) is 7.78. The summed E-state index contributed by atoms with van der Waals surface area (Å²) >= 11 is 0. The molecule has 2 aliphatic carbocycles. The fourth-order valence-electron chi connectivity index (χ4n) is 6.00. The second-order valence-electron chi connectivity index (χ2n) is 10.1. The average Bonchev–Trinajstić information content (AvgIpc) is 3.19. The molecule has 1 fully saturated rings. The molecule has 1 nitrogen and oxygen atoms in total. The summed E-state index contributed by atoms with van der Waals surface area (Å²) in [5.41, 5.74) is 5.57. The molecular formula is C32H38Cl2NSiTi. The Morgan fingerprint density at radius 1 is 0.622 bits per heavy atom. The molecule has 5 rings (SSSR count). The molecule has 1 unspecified atom stereocenters. The minimum atomic E-state index is -0.775. The first-order valence-corrected chi connectivity index (χ1v) is 15.5. The Bertz CT molecular complexity index is 1090. The van der Waals surface area contributed by atoms with Crippen LogP contribution < -0.4 is 30.0 Å². The molecule has 193 valence electrons. The van der Waals surface area contributed by atoms with Crippen LogP contribution in [0.25, 0.3) is 16.4 Å². The van der Waals surface area contributed by atoms with Gasteiger partial charge in [0.25, 0.3) is 0 Å². The van der Waals surface area contributed by atoms with Crippen LogP contribution in [0.1, 0.15) is 81.4 Å². The molecule has 0 amide bonds. The van der Waals surface area contributed by atoms with Gasteiger partial charge in [0, 0.05) is 8.41 Å². The van der Waals surface area contributed by atoms with Crippen LogP contribution in [0, 0.1) is 0 Å². The van der Waals surface area contributed by atoms with Crippen molar-refractivity contribution in [1.29, 1.82) is 0 Å². The summed E-state index contributed by atoms with van der Waals surface area (Å²) in [6.45, 7) is 2.53. The van der Waals surface area contributed by atoms with Gasteiger partial charge >= 0.3 is 21.7 Å². The summed E-state index contributed by atoms with van der Waals surface area (Å²) in [6, 6.07) is 29.8. The molecule has 5 heteroatoms. The number of benzene rings is 3. The van der Waals surface area contributed by atoms with E-state index in [0.717, 1.165) is 0 Å². The van der Waals surface area contributed by atoms with Gasteiger partial charge in [0.2, 0.25) is 0 Å². The topological polar surface area (TPSA) is 14.1 Å². The third-order valence-corrected chi connectivity index (χ3v) is 10.6. The van der Waals surface area contributed by atoms with E-state index in [9.17, 15) is 0 Å². The Labute approximate surface area is 253 Å². The van der Waals surface area contributed by atoms with E-state index in [4.69, 9.17) is 5.32 Å². The summed E-state index contributed by atoms with van der Waals surface area (Å²) in [4.78, 5) is 0. The van der Waals surface area contributed by atoms with Crippen molar-refractivity contribution in [3.63, 3.8) is 0 Å². The van der Waals surface area contributed by atoms with Crippen molar-refractivity contribution in [2.75, 3.05) is 0 Å². The Hall–Kier alpha value is -0.999. The SMILES string of the molecule is C[Si](=C1CCCCCCCCCCC1[N-]C1c2ccccc2-c2ccccc21)c1ccccc1.[Cl-].[Cl-].[Ti+3]. The van der Waals surface area contributed by atoms with Crippen molar-refractivity contribution in [3.8, 4) is 11.1 Å². The summed E-state index contributed by atoms with van der Waals surface area (Å²) in [5, 5.41) is 9.07. The Morgan fingerprint density at radius 2 is 1.11 bits per heavy atom. The molecule has 0 aromatic heterocycles. The number of fused-ring (bicyclic) bond motifs is 3. The molecule has 0 N–H and O–H groups in total. The summed E-state index contributed by atoms with van der Waals surface area (Å²) < 4.78 is 0. The van der Waals surface area contributed by atoms with Crippen molar-refractivity contribution in [2.45, 2.75) is 82.8 Å². The first-order valence-electron chi connectivity index (χ1n) is 13.5. The van der Waals surface area contributed by atoms with Crippen molar-refractivity contribution in [3.05, 3.63) is 95.3 Å². The van der Waals surface area contributed by atoms with Gasteiger partial charge in [0.05, 0.1) is 0 Å². The molecule has 1 radical (unpaired) electrons. The van der Waals surface area contributed by atoms with E-state index < -0.39 is 8.41 Å². The van der Waals surface area contributed by atoms with Crippen LogP contribution >= 0.6 is 0 Å². The molecular weight excluding hydrogens is 545 g/mol. The molecule has 0 heterocycles. The van der Waals surface area contributed by atoms with Crippen LogP contribution in [0.4, 0.5) is 0 Å². The van der Waals surface area contributed by atoms with Gasteiger partial charge in [-0.05, 0) is 29.2 Å². The van der Waals surface area contributed by atoms with Crippen molar-refractivity contribution < 1.29 is 46.5 Å². The molecule has 3 aromatic carbocycles. The van der Waals surface area contributed by atoms with Crippen LogP contribution in [0.3, 0.4) is 0 Å². The van der Waals surface area contributed by atoms with Crippen LogP contribution in [0.2, 0.25) is 6.55 Å². The zero-order valence-electron chi connectivity index (χ0n) is 21.9. The van der Waals surface area contributed by atoms with Crippen LogP contribution in [-0.2, 0) is 21.7 Å². The molecule has 0 aliphatic heterocycles. The standard InChI is InChI=1S/C32H38NSi.2ClH.Ti/c1-34(25-17-9-8-10-18-25)31-24-12-7-5-3-2-4-6-11-23-30(31)33-32-28-21-15-13-19-26(28)27-20-14-16-22-29(27)32;;;/h8-10,13-22,30,32H,2-7,11-12,23-24H2,1H3;2*1H;/q-1;;;+3/p-2. The first-order chi connectivity index (χ1) is 16.8. The van der Waals surface area contributed by atoms with Crippen molar-refractivity contribution in [1.82, 2.24) is 0 Å². The van der Waals surface area contributed by atoms with E-state index in [0.29, 0.717) is 6.04 Å². The van der Waals surface area contributed by atoms with Gasteiger partial charge in [-0.25, -0.2) is 0 Å². The van der Waals surface area contributed by atoms with Gasteiger partial charge < -0.3 is 30.1 Å². The van der Waals surface area contributed by atoms with Crippen molar-refractivity contribution in [2.24, 2.45) is 0 Å². The number of rotatable bonds is 3. The van der Waals surface area contributed by atoms with Crippen LogP contribution in [-0.4, -0.2) is 19.6 Å². The average molecular weight is 584 g/mol. The number of halogens is 2. The Kier molecular flexibility index (Phi) is 14.1. The zero-order chi connectivity index (χ0) is 23.2. The number of nitrogens with zero attached hydrogens (tertiary/aromatic N) is 1. The second-order valence-corrected chi connectivity index (χ2v) is 12.6. The monoisotopic (exact) mass is 582 g/mol. The van der Waals surface area contributed by atoms with Crippen molar-refractivity contribution >= 4 is 18.8 Å². The molecule has 0 spiro atoms. The first kappa shape index (κ1) is 32.2. The van der Waals surface area contributed by atoms with E-state index in [-0.39, 0.29) is 52.6 Å². The van der Waals surface area contributed by atoms with Gasteiger partial charge in [0.1, 0.15) is 0 Å². The third-order valence-electron chi connectivity index (χ3n) is 7.89. The maximum Gasteiger partial charge on any atom is 3.00 e. The maximum atomic E-state index is 5.76. The number of hydrogen-bond acceptors (Lipinski definition) is 0. The quantitative estimate of drug-likeness (QED) is 0.421. The van der Waals surface area contributed by atoms with E-state index in [1.165, 1.54) is 86.5 Å². The van der Waals surface area contributed by atoms with E-state index in [1.54, 1.807) is 10.4 Å². The molecule has 1 atom stereocenters. The molecule has 2 aliphatic rings. The summed E-state index contributed by atoms with van der Waals surface area (Å²) in [7, 11) is -0.775. The van der Waals surface area contributed by atoms with Gasteiger partial charge in [-0.3, -0.25) is 0 Å². The summed E-state index contributed by atoms with van der Waals surface area (Å²) in [6.07, 6.45) is 13.4. The largest absolute Gasteiger partial charge is 3.00 e. The van der Waals surface area contributed by atoms with Gasteiger partial charge in [0.15, 0.2) is 0 Å². The van der Waals surface area contributed by atoms with Gasteiger partial charge in [-0.15, -0.1) is 11.2 Å². The minimum absolute atomic E-state index is 0. The molecule has 3 aromatic rings. The van der Waals surface area contributed by atoms with Crippen LogP contribution in [0.15, 0.2) is 78.9 Å². The zero-order valence-corrected chi connectivity index (χ0v) is 26.0. The molecule has 1 saturated carbocycles. The Morgan fingerprint density at radius 3 is 1.70 bits per heavy atom. The predicted octanol–water partition coefficient (Wildman–Crippen LogP) is 2.20. The maximum absolute atomic E-state index is 5.76. The van der Waals surface area contributed by atoms with Gasteiger partial charge in [-0.1, -0.05) is 154 Å². The van der Waals surface area contributed by atoms with Crippen LogP contribution in [0.5, 0.6) is 0 Å². The number of hydrogen-bond donors (Lipinski definition) is 0. The van der Waals surface area contributed by atoms with Gasteiger partial charge in [-0.2, -0.15) is 0 Å². The summed E-state index contributed by atoms with van der Waals surface area (Å²) in [5.74, 6) is 0. The van der Waals surface area contributed by atoms with E-state index in [2.05, 4.69) is 85.4 Å². The smallest absolute Gasteiger partial charge is 1.00 e. The normalized spacial score (nSPS) is 19.4. The molecule has 37 heavy (non-hydrogen) atoms. The fourth-order valence-corrected chi connectivity index (χ4v) is 8.33. The van der Waals surface area contributed by atoms with E-state index in [1.807, 2.05) is 0 Å². The van der Waals surface area contributed by atoms with E-state index >= 15 is 0 Å². The molecule has 0 saturated heterocycles. The predicted molar refractivity (Wildman–Crippen MR) is 150 cm³/mol. The molecule has 0 bridgehead atoms. The Balaban J connectivity index is 0.00000160. The minimum Gasteiger partial charge on any atom is -1.00 e.